The van der Waals surface area contributed by atoms with Gasteiger partial charge in [-0.3, -0.25) is 0 Å². The lowest BCUT2D eigenvalue weighted by atomic mass is 10.4. The molecule has 0 aliphatic carbocycles. The summed E-state index contributed by atoms with van der Waals surface area (Å²) in [6.45, 7) is 7.19. The molecule has 0 aliphatic heterocycles. The highest BCUT2D eigenvalue weighted by Crippen LogP contribution is 2.07. The molecule has 0 spiro atoms. The van der Waals surface area contributed by atoms with Gasteiger partial charge in [0.2, 0.25) is 0 Å². The lowest BCUT2D eigenvalue weighted by molar-refractivity contribution is 0.663. The maximum Gasteiger partial charge on any atom is 0.131 e. The molecule has 1 heterocycles. The third kappa shape index (κ3) is 4.25. The van der Waals surface area contributed by atoms with Crippen molar-refractivity contribution in [3.63, 3.8) is 0 Å². The van der Waals surface area contributed by atoms with Crippen LogP contribution in [0.4, 0.5) is 5.82 Å². The van der Waals surface area contributed by atoms with E-state index in [2.05, 4.69) is 34.2 Å². The van der Waals surface area contributed by atoms with Gasteiger partial charge in [-0.1, -0.05) is 6.92 Å². The minimum Gasteiger partial charge on any atom is -0.358 e. The normalized spacial score (nSPS) is 10.3. The van der Waals surface area contributed by atoms with Gasteiger partial charge in [-0.05, 0) is 19.9 Å². The Bertz CT molecular complexity index is 288. The van der Waals surface area contributed by atoms with Gasteiger partial charge in [0.15, 0.2) is 0 Å². The molecule has 0 aromatic carbocycles. The van der Waals surface area contributed by atoms with Gasteiger partial charge in [0, 0.05) is 31.9 Å². The summed E-state index contributed by atoms with van der Waals surface area (Å²) < 4.78 is 0. The topological polar surface area (TPSA) is 41.0 Å². The van der Waals surface area contributed by atoms with E-state index in [9.17, 15) is 0 Å². The molecule has 0 amide bonds. The van der Waals surface area contributed by atoms with Gasteiger partial charge in [0.25, 0.3) is 0 Å². The average molecular weight is 208 g/mol. The standard InChI is InChI=1S/C11H20N4/c1-4-5-12-6-7-15(3)11-8-10(2)13-9-14-11/h8-9,12H,4-7H2,1-3H3. The van der Waals surface area contributed by atoms with E-state index < -0.39 is 0 Å². The first kappa shape index (κ1) is 11.9. The van der Waals surface area contributed by atoms with Crippen molar-refractivity contribution in [2.24, 2.45) is 0 Å². The number of anilines is 1. The summed E-state index contributed by atoms with van der Waals surface area (Å²) in [6.07, 6.45) is 2.79. The molecule has 1 aromatic heterocycles. The van der Waals surface area contributed by atoms with E-state index in [4.69, 9.17) is 0 Å². The van der Waals surface area contributed by atoms with Crippen LogP contribution < -0.4 is 10.2 Å². The van der Waals surface area contributed by atoms with Crippen LogP contribution in [0, 0.1) is 6.92 Å². The molecule has 84 valence electrons. The number of nitrogens with zero attached hydrogens (tertiary/aromatic N) is 3. The predicted octanol–water partition coefficient (Wildman–Crippen LogP) is 1.22. The van der Waals surface area contributed by atoms with E-state index in [0.717, 1.165) is 31.1 Å². The Balaban J connectivity index is 2.36. The number of rotatable bonds is 6. The first-order valence-electron chi connectivity index (χ1n) is 5.44. The zero-order chi connectivity index (χ0) is 11.1. The minimum absolute atomic E-state index is 0.969. The smallest absolute Gasteiger partial charge is 0.131 e. The van der Waals surface area contributed by atoms with Crippen molar-refractivity contribution in [1.29, 1.82) is 0 Å². The van der Waals surface area contributed by atoms with Crippen LogP contribution in [0.15, 0.2) is 12.4 Å². The van der Waals surface area contributed by atoms with E-state index in [1.165, 1.54) is 6.42 Å². The van der Waals surface area contributed by atoms with Crippen molar-refractivity contribution in [1.82, 2.24) is 15.3 Å². The molecule has 1 N–H and O–H groups in total. The Hall–Kier alpha value is -1.16. The summed E-state index contributed by atoms with van der Waals surface area (Å²) >= 11 is 0. The van der Waals surface area contributed by atoms with Crippen LogP contribution in [0.5, 0.6) is 0 Å². The van der Waals surface area contributed by atoms with Gasteiger partial charge < -0.3 is 10.2 Å². The van der Waals surface area contributed by atoms with Gasteiger partial charge in [0.1, 0.15) is 12.1 Å². The third-order valence-electron chi connectivity index (χ3n) is 2.23. The summed E-state index contributed by atoms with van der Waals surface area (Å²) in [5.41, 5.74) is 1.01. The largest absolute Gasteiger partial charge is 0.358 e. The monoisotopic (exact) mass is 208 g/mol. The molecule has 0 fully saturated rings. The highest BCUT2D eigenvalue weighted by molar-refractivity contribution is 5.37. The molecule has 0 saturated heterocycles. The molecular formula is C11H20N4. The van der Waals surface area contributed by atoms with E-state index in [-0.39, 0.29) is 0 Å². The van der Waals surface area contributed by atoms with Crippen molar-refractivity contribution in [3.8, 4) is 0 Å². The molecule has 4 heteroatoms. The van der Waals surface area contributed by atoms with Crippen molar-refractivity contribution in [2.75, 3.05) is 31.6 Å². The van der Waals surface area contributed by atoms with Crippen LogP contribution in [0.3, 0.4) is 0 Å². The molecule has 15 heavy (non-hydrogen) atoms. The van der Waals surface area contributed by atoms with Crippen molar-refractivity contribution < 1.29 is 0 Å². The number of hydrogen-bond donors (Lipinski definition) is 1. The summed E-state index contributed by atoms with van der Waals surface area (Å²) in [4.78, 5) is 10.4. The van der Waals surface area contributed by atoms with E-state index in [1.54, 1.807) is 6.33 Å². The first-order valence-corrected chi connectivity index (χ1v) is 5.44. The predicted molar refractivity (Wildman–Crippen MR) is 63.2 cm³/mol. The molecular weight excluding hydrogens is 188 g/mol. The van der Waals surface area contributed by atoms with Crippen LogP contribution in [-0.2, 0) is 0 Å². The second-order valence-electron chi connectivity index (χ2n) is 3.69. The summed E-state index contributed by atoms with van der Waals surface area (Å²) in [5, 5.41) is 3.37. The second kappa shape index (κ2) is 6.35. The number of likely N-dealkylation sites (N-methyl/N-ethyl adjacent to an activating group) is 1. The van der Waals surface area contributed by atoms with Crippen LogP contribution in [0.25, 0.3) is 0 Å². The van der Waals surface area contributed by atoms with Gasteiger partial charge in [-0.15, -0.1) is 0 Å². The lowest BCUT2D eigenvalue weighted by Crippen LogP contribution is -2.30. The maximum absolute atomic E-state index is 4.23. The first-order chi connectivity index (χ1) is 7.24. The number of hydrogen-bond acceptors (Lipinski definition) is 4. The molecule has 0 unspecified atom stereocenters. The summed E-state index contributed by atoms with van der Waals surface area (Å²) in [5.74, 6) is 0.987. The fourth-order valence-corrected chi connectivity index (χ4v) is 1.31. The Morgan fingerprint density at radius 2 is 2.13 bits per heavy atom. The van der Waals surface area contributed by atoms with Crippen LogP contribution >= 0.6 is 0 Å². The quantitative estimate of drug-likeness (QED) is 0.714. The number of nitrogens with one attached hydrogen (secondary N) is 1. The molecule has 0 aliphatic rings. The van der Waals surface area contributed by atoms with E-state index >= 15 is 0 Å². The van der Waals surface area contributed by atoms with Crippen LogP contribution in [0.2, 0.25) is 0 Å². The molecule has 0 atom stereocenters. The fraction of sp³-hybridized carbons (Fsp3) is 0.636. The zero-order valence-electron chi connectivity index (χ0n) is 9.82. The zero-order valence-corrected chi connectivity index (χ0v) is 9.82. The van der Waals surface area contributed by atoms with Crippen molar-refractivity contribution in [3.05, 3.63) is 18.1 Å². The maximum atomic E-state index is 4.23. The van der Waals surface area contributed by atoms with E-state index in [1.807, 2.05) is 13.0 Å². The fourth-order valence-electron chi connectivity index (χ4n) is 1.31. The van der Waals surface area contributed by atoms with Crippen LogP contribution in [0.1, 0.15) is 19.0 Å². The van der Waals surface area contributed by atoms with Crippen molar-refractivity contribution in [2.45, 2.75) is 20.3 Å². The molecule has 0 bridgehead atoms. The van der Waals surface area contributed by atoms with E-state index in [0.29, 0.717) is 0 Å². The Morgan fingerprint density at radius 3 is 2.80 bits per heavy atom. The van der Waals surface area contributed by atoms with Gasteiger partial charge >= 0.3 is 0 Å². The SMILES string of the molecule is CCCNCCN(C)c1cc(C)ncn1. The number of aromatic nitrogens is 2. The molecule has 0 radical (unpaired) electrons. The molecule has 1 rings (SSSR count). The minimum atomic E-state index is 0.969. The van der Waals surface area contributed by atoms with Gasteiger partial charge in [-0.25, -0.2) is 9.97 Å². The highest BCUT2D eigenvalue weighted by atomic mass is 15.2. The summed E-state index contributed by atoms with van der Waals surface area (Å²) in [7, 11) is 2.05. The highest BCUT2D eigenvalue weighted by Gasteiger charge is 2.01. The van der Waals surface area contributed by atoms with Gasteiger partial charge in [-0.2, -0.15) is 0 Å². The van der Waals surface area contributed by atoms with Crippen LogP contribution in [-0.4, -0.2) is 36.6 Å². The molecule has 0 saturated carbocycles. The summed E-state index contributed by atoms with van der Waals surface area (Å²) in [6, 6.07) is 2.00. The third-order valence-corrected chi connectivity index (χ3v) is 2.23. The second-order valence-corrected chi connectivity index (χ2v) is 3.69. The molecule has 1 aromatic rings. The lowest BCUT2D eigenvalue weighted by Gasteiger charge is -2.18. The van der Waals surface area contributed by atoms with Crippen molar-refractivity contribution >= 4 is 5.82 Å². The Morgan fingerprint density at radius 1 is 1.33 bits per heavy atom. The molecule has 4 nitrogen and oxygen atoms in total. The Kier molecular flexibility index (Phi) is 5.04. The Labute approximate surface area is 91.7 Å². The average Bonchev–Trinajstić information content (AvgIpc) is 2.24. The number of aryl methyl sites for hydroxylation is 1. The van der Waals surface area contributed by atoms with Gasteiger partial charge in [0.05, 0.1) is 0 Å².